The van der Waals surface area contributed by atoms with Crippen LogP contribution in [0.2, 0.25) is 0 Å². The van der Waals surface area contributed by atoms with Gasteiger partial charge >= 0.3 is 0 Å². The van der Waals surface area contributed by atoms with Gasteiger partial charge in [0.15, 0.2) is 5.82 Å². The van der Waals surface area contributed by atoms with E-state index >= 15 is 0 Å². The van der Waals surface area contributed by atoms with Crippen LogP contribution >= 0.6 is 0 Å². The van der Waals surface area contributed by atoms with Gasteiger partial charge in [-0.1, -0.05) is 196 Å². The first-order valence-corrected chi connectivity index (χ1v) is 22.7. The van der Waals surface area contributed by atoms with E-state index in [1.807, 2.05) is 12.1 Å². The average molecular weight is 843 g/mol. The van der Waals surface area contributed by atoms with Crippen molar-refractivity contribution in [1.82, 2.24) is 9.97 Å². The van der Waals surface area contributed by atoms with Gasteiger partial charge < -0.3 is 4.42 Å². The molecule has 2 heterocycles. The van der Waals surface area contributed by atoms with Crippen LogP contribution in [0.15, 0.2) is 223 Å². The Morgan fingerprint density at radius 1 is 0.348 bits per heavy atom. The molecule has 3 heteroatoms. The van der Waals surface area contributed by atoms with Crippen molar-refractivity contribution in [1.29, 1.82) is 0 Å². The number of aromatic nitrogens is 2. The average Bonchev–Trinajstić information content (AvgIpc) is 3.86. The van der Waals surface area contributed by atoms with E-state index in [2.05, 4.69) is 220 Å². The molecule has 0 spiro atoms. The number of hydrogen-bond acceptors (Lipinski definition) is 3. The summed E-state index contributed by atoms with van der Waals surface area (Å²) in [7, 11) is 0. The number of furan rings is 1. The molecule has 12 aromatic rings. The summed E-state index contributed by atoms with van der Waals surface area (Å²) in [6.07, 6.45) is 0. The summed E-state index contributed by atoms with van der Waals surface area (Å²) in [4.78, 5) is 10.8. The number of fused-ring (bicyclic) bond motifs is 8. The fourth-order valence-electron chi connectivity index (χ4n) is 10.7. The molecule has 0 fully saturated rings. The first-order chi connectivity index (χ1) is 32.5. The molecule has 13 rings (SSSR count). The van der Waals surface area contributed by atoms with Crippen molar-refractivity contribution in [3.63, 3.8) is 0 Å². The SMILES string of the molecule is CC1(C)c2cc3ccccc3cc2-c2c(-c3ccc(-c4cc(-c5ccccc5-c5cc(-c6ccccc6)c6oc7ccccc7c6c5)nc(-c5ccccc5)n4)c4ccccc34)cccc21. The van der Waals surface area contributed by atoms with Gasteiger partial charge in [0, 0.05) is 38.4 Å². The quantitative estimate of drug-likeness (QED) is 0.167. The second-order valence-corrected chi connectivity index (χ2v) is 18.0. The Labute approximate surface area is 383 Å². The molecule has 66 heavy (non-hydrogen) atoms. The van der Waals surface area contributed by atoms with Gasteiger partial charge in [0.1, 0.15) is 11.2 Å². The van der Waals surface area contributed by atoms with Gasteiger partial charge in [0.2, 0.25) is 0 Å². The molecule has 1 aliphatic carbocycles. The highest BCUT2D eigenvalue weighted by Gasteiger charge is 2.37. The van der Waals surface area contributed by atoms with Crippen LogP contribution in [0.1, 0.15) is 25.0 Å². The fraction of sp³-hybridized carbons (Fsp3) is 0.0476. The third-order valence-corrected chi connectivity index (χ3v) is 13.9. The molecule has 2 aromatic heterocycles. The van der Waals surface area contributed by atoms with E-state index in [0.29, 0.717) is 5.82 Å². The molecular weight excluding hydrogens is 801 g/mol. The monoisotopic (exact) mass is 842 g/mol. The van der Waals surface area contributed by atoms with E-state index in [9.17, 15) is 0 Å². The van der Waals surface area contributed by atoms with Crippen molar-refractivity contribution in [3.8, 4) is 78.4 Å². The lowest BCUT2D eigenvalue weighted by Crippen LogP contribution is -2.14. The van der Waals surface area contributed by atoms with Crippen LogP contribution in [0.3, 0.4) is 0 Å². The van der Waals surface area contributed by atoms with Crippen molar-refractivity contribution in [2.75, 3.05) is 0 Å². The molecule has 0 amide bonds. The molecular formula is C63H42N2O. The van der Waals surface area contributed by atoms with Gasteiger partial charge in [-0.3, -0.25) is 0 Å². The first kappa shape index (κ1) is 38.1. The Bertz CT molecular complexity index is 3900. The van der Waals surface area contributed by atoms with Gasteiger partial charge in [-0.15, -0.1) is 0 Å². The zero-order valence-corrected chi connectivity index (χ0v) is 36.6. The lowest BCUT2D eigenvalue weighted by Gasteiger charge is -2.22. The van der Waals surface area contributed by atoms with E-state index in [-0.39, 0.29) is 5.41 Å². The van der Waals surface area contributed by atoms with Crippen LogP contribution in [-0.4, -0.2) is 9.97 Å². The summed E-state index contributed by atoms with van der Waals surface area (Å²) in [6, 6.07) is 78.4. The molecule has 0 saturated carbocycles. The molecule has 0 radical (unpaired) electrons. The topological polar surface area (TPSA) is 38.9 Å². The lowest BCUT2D eigenvalue weighted by molar-refractivity contribution is 0.661. The molecule has 0 bridgehead atoms. The highest BCUT2D eigenvalue weighted by Crippen LogP contribution is 2.54. The zero-order valence-electron chi connectivity index (χ0n) is 36.6. The lowest BCUT2D eigenvalue weighted by atomic mass is 9.81. The predicted molar refractivity (Wildman–Crippen MR) is 275 cm³/mol. The van der Waals surface area contributed by atoms with Gasteiger partial charge in [-0.05, 0) is 108 Å². The van der Waals surface area contributed by atoms with Crippen LogP contribution in [0.25, 0.3) is 122 Å². The molecule has 0 unspecified atom stereocenters. The van der Waals surface area contributed by atoms with E-state index in [1.54, 1.807) is 0 Å². The summed E-state index contributed by atoms with van der Waals surface area (Å²) in [5, 5.41) is 7.05. The van der Waals surface area contributed by atoms with Crippen molar-refractivity contribution in [2.24, 2.45) is 0 Å². The Morgan fingerprint density at radius 2 is 0.939 bits per heavy atom. The molecule has 10 aromatic carbocycles. The van der Waals surface area contributed by atoms with Gasteiger partial charge in [-0.25, -0.2) is 9.97 Å². The molecule has 0 N–H and O–H groups in total. The zero-order chi connectivity index (χ0) is 43.9. The summed E-state index contributed by atoms with van der Waals surface area (Å²) in [5.74, 6) is 0.680. The minimum Gasteiger partial charge on any atom is -0.455 e. The Balaban J connectivity index is 1.01. The summed E-state index contributed by atoms with van der Waals surface area (Å²) in [6.45, 7) is 4.74. The Kier molecular flexibility index (Phi) is 8.56. The van der Waals surface area contributed by atoms with Crippen LogP contribution in [0.5, 0.6) is 0 Å². The number of rotatable bonds is 6. The minimum atomic E-state index is -0.136. The smallest absolute Gasteiger partial charge is 0.160 e. The second kappa shape index (κ2) is 14.8. The van der Waals surface area contributed by atoms with Crippen LogP contribution in [0, 0.1) is 0 Å². The second-order valence-electron chi connectivity index (χ2n) is 18.0. The minimum absolute atomic E-state index is 0.136. The molecule has 0 aliphatic heterocycles. The molecule has 310 valence electrons. The highest BCUT2D eigenvalue weighted by molar-refractivity contribution is 6.12. The standard InChI is InChI=1S/C63H42N2O/c1-63(2)55-30-17-29-51(60(55)54-34-41-22-9-10-23-42(41)37-56(54)63)47-32-33-49(46-26-13-12-25-45(46)47)58-38-57(64-62(65-58)40-20-7-4-8-21-40)48-27-14-11-24-44(48)43-35-52(39-18-5-3-6-19-39)61-53(36-43)50-28-15-16-31-59(50)66-61/h3-38H,1-2H3. The predicted octanol–water partition coefficient (Wildman–Crippen LogP) is 17.0. The molecule has 0 saturated heterocycles. The number of hydrogen-bond donors (Lipinski definition) is 0. The maximum Gasteiger partial charge on any atom is 0.160 e. The van der Waals surface area contributed by atoms with Gasteiger partial charge in [0.05, 0.1) is 11.4 Å². The van der Waals surface area contributed by atoms with Crippen LogP contribution < -0.4 is 0 Å². The van der Waals surface area contributed by atoms with Gasteiger partial charge in [-0.2, -0.15) is 0 Å². The fourth-order valence-corrected chi connectivity index (χ4v) is 10.7. The van der Waals surface area contributed by atoms with Crippen molar-refractivity contribution in [3.05, 3.63) is 230 Å². The number of benzene rings is 10. The maximum atomic E-state index is 6.59. The van der Waals surface area contributed by atoms with Crippen molar-refractivity contribution >= 4 is 43.5 Å². The van der Waals surface area contributed by atoms with Crippen LogP contribution in [-0.2, 0) is 5.41 Å². The van der Waals surface area contributed by atoms with Gasteiger partial charge in [0.25, 0.3) is 0 Å². The van der Waals surface area contributed by atoms with E-state index in [4.69, 9.17) is 14.4 Å². The summed E-state index contributed by atoms with van der Waals surface area (Å²) < 4.78 is 6.59. The molecule has 1 aliphatic rings. The van der Waals surface area contributed by atoms with E-state index in [0.717, 1.165) is 77.7 Å². The maximum absolute atomic E-state index is 6.59. The highest BCUT2D eigenvalue weighted by atomic mass is 16.3. The van der Waals surface area contributed by atoms with E-state index in [1.165, 1.54) is 49.5 Å². The largest absolute Gasteiger partial charge is 0.455 e. The van der Waals surface area contributed by atoms with Crippen LogP contribution in [0.4, 0.5) is 0 Å². The summed E-state index contributed by atoms with van der Waals surface area (Å²) in [5.41, 5.74) is 18.6. The Hall–Kier alpha value is -8.40. The molecule has 3 nitrogen and oxygen atoms in total. The van der Waals surface area contributed by atoms with E-state index < -0.39 is 0 Å². The number of nitrogens with zero attached hydrogens (tertiary/aromatic N) is 2. The van der Waals surface area contributed by atoms with Crippen molar-refractivity contribution in [2.45, 2.75) is 19.3 Å². The third kappa shape index (κ3) is 5.97. The third-order valence-electron chi connectivity index (χ3n) is 13.9. The molecule has 0 atom stereocenters. The normalized spacial score (nSPS) is 12.8. The summed E-state index contributed by atoms with van der Waals surface area (Å²) >= 11 is 0. The number of para-hydroxylation sites is 1. The Morgan fingerprint density at radius 3 is 1.71 bits per heavy atom. The first-order valence-electron chi connectivity index (χ1n) is 22.7. The van der Waals surface area contributed by atoms with Crippen molar-refractivity contribution < 1.29 is 4.42 Å².